The summed E-state index contributed by atoms with van der Waals surface area (Å²) >= 11 is 1.83. The minimum atomic E-state index is 0.191. The number of anilines is 1. The summed E-state index contributed by atoms with van der Waals surface area (Å²) in [4.78, 5) is 22.9. The van der Waals surface area contributed by atoms with Crippen LogP contribution in [0.15, 0.2) is 29.2 Å². The number of nitrogens with zero attached hydrogens (tertiary/aromatic N) is 4. The molecule has 0 unspecified atom stereocenters. The van der Waals surface area contributed by atoms with Crippen LogP contribution in [0.3, 0.4) is 0 Å². The number of hydrogen-bond acceptors (Lipinski definition) is 4. The van der Waals surface area contributed by atoms with Gasteiger partial charge in [0.05, 0.1) is 24.5 Å². The average Bonchev–Trinajstić information content (AvgIpc) is 2.88. The molecule has 5 nitrogen and oxygen atoms in total. The van der Waals surface area contributed by atoms with E-state index in [1.807, 2.05) is 28.8 Å². The highest BCUT2D eigenvalue weighted by atomic mass is 32.2. The van der Waals surface area contributed by atoms with Gasteiger partial charge in [-0.25, -0.2) is 4.98 Å². The molecular weight excluding hydrogens is 320 g/mol. The summed E-state index contributed by atoms with van der Waals surface area (Å²) in [5.74, 6) is 2.24. The van der Waals surface area contributed by atoms with Crippen molar-refractivity contribution in [3.05, 3.63) is 41.5 Å². The third-order valence-corrected chi connectivity index (χ3v) is 5.97. The first-order valence-corrected chi connectivity index (χ1v) is 9.39. The number of aromatic nitrogens is 2. The molecule has 0 saturated carbocycles. The van der Waals surface area contributed by atoms with Gasteiger partial charge in [0.15, 0.2) is 0 Å². The van der Waals surface area contributed by atoms with Crippen LogP contribution in [0.1, 0.15) is 17.2 Å². The van der Waals surface area contributed by atoms with E-state index in [1.54, 1.807) is 0 Å². The predicted molar refractivity (Wildman–Crippen MR) is 96.5 cm³/mol. The van der Waals surface area contributed by atoms with E-state index in [2.05, 4.69) is 40.4 Å². The van der Waals surface area contributed by atoms with Crippen LogP contribution in [0.2, 0.25) is 0 Å². The van der Waals surface area contributed by atoms with Crippen LogP contribution in [0, 0.1) is 13.8 Å². The van der Waals surface area contributed by atoms with Gasteiger partial charge in [-0.1, -0.05) is 12.1 Å². The second kappa shape index (κ2) is 6.26. The maximum absolute atomic E-state index is 12.9. The Morgan fingerprint density at radius 3 is 2.92 bits per heavy atom. The van der Waals surface area contributed by atoms with Crippen molar-refractivity contribution < 1.29 is 4.79 Å². The Morgan fingerprint density at radius 1 is 1.21 bits per heavy atom. The quantitative estimate of drug-likeness (QED) is 0.841. The smallest absolute Gasteiger partial charge is 0.241 e. The maximum Gasteiger partial charge on any atom is 0.241 e. The van der Waals surface area contributed by atoms with E-state index in [4.69, 9.17) is 0 Å². The normalized spacial score (nSPS) is 17.5. The Labute approximate surface area is 146 Å². The highest BCUT2D eigenvalue weighted by Crippen LogP contribution is 2.34. The van der Waals surface area contributed by atoms with E-state index < -0.39 is 0 Å². The van der Waals surface area contributed by atoms with E-state index in [-0.39, 0.29) is 5.91 Å². The van der Waals surface area contributed by atoms with Crippen LogP contribution in [-0.2, 0) is 17.9 Å². The number of thioether (sulfide) groups is 1. The summed E-state index contributed by atoms with van der Waals surface area (Å²) in [5.41, 5.74) is 3.40. The Kier molecular flexibility index (Phi) is 4.10. The number of para-hydroxylation sites is 1. The fourth-order valence-corrected chi connectivity index (χ4v) is 4.50. The molecule has 0 spiro atoms. The summed E-state index contributed by atoms with van der Waals surface area (Å²) in [6.45, 7) is 8.00. The van der Waals surface area contributed by atoms with Crippen LogP contribution in [0.5, 0.6) is 0 Å². The number of aryl methyl sites for hydroxylation is 1. The van der Waals surface area contributed by atoms with Crippen molar-refractivity contribution in [3.8, 4) is 0 Å². The molecule has 6 heteroatoms. The highest BCUT2D eigenvalue weighted by Gasteiger charge is 2.26. The van der Waals surface area contributed by atoms with Crippen LogP contribution < -0.4 is 4.90 Å². The number of amides is 1. The van der Waals surface area contributed by atoms with Crippen molar-refractivity contribution in [2.24, 2.45) is 0 Å². The molecule has 2 aliphatic rings. The monoisotopic (exact) mass is 342 g/mol. The van der Waals surface area contributed by atoms with E-state index in [9.17, 15) is 4.79 Å². The molecule has 2 aliphatic heterocycles. The van der Waals surface area contributed by atoms with Crippen LogP contribution in [0.25, 0.3) is 0 Å². The van der Waals surface area contributed by atoms with Crippen molar-refractivity contribution in [1.82, 2.24) is 14.5 Å². The molecular formula is C18H22N4OS. The van der Waals surface area contributed by atoms with Gasteiger partial charge >= 0.3 is 0 Å². The summed E-state index contributed by atoms with van der Waals surface area (Å²) < 4.78 is 2.28. The zero-order valence-corrected chi connectivity index (χ0v) is 15.0. The van der Waals surface area contributed by atoms with E-state index in [0.29, 0.717) is 6.54 Å². The van der Waals surface area contributed by atoms with Gasteiger partial charge in [0.1, 0.15) is 5.82 Å². The highest BCUT2D eigenvalue weighted by molar-refractivity contribution is 7.99. The number of imidazole rings is 1. The Morgan fingerprint density at radius 2 is 2.04 bits per heavy atom. The SMILES string of the molecule is Cc1nc2n(c1C)CCN(CC(=O)N1CCSc3ccccc31)C2. The molecule has 2 aromatic rings. The number of carbonyl (C=O) groups is 1. The van der Waals surface area contributed by atoms with Crippen molar-refractivity contribution in [1.29, 1.82) is 0 Å². The van der Waals surface area contributed by atoms with Crippen LogP contribution in [0.4, 0.5) is 5.69 Å². The molecule has 3 heterocycles. The first kappa shape index (κ1) is 15.7. The van der Waals surface area contributed by atoms with Gasteiger partial charge in [-0.2, -0.15) is 0 Å². The van der Waals surface area contributed by atoms with Crippen molar-refractivity contribution >= 4 is 23.4 Å². The molecule has 0 radical (unpaired) electrons. The van der Waals surface area contributed by atoms with Crippen molar-refractivity contribution in [3.63, 3.8) is 0 Å². The molecule has 1 aromatic carbocycles. The van der Waals surface area contributed by atoms with Gasteiger partial charge in [0.2, 0.25) is 5.91 Å². The number of benzene rings is 1. The standard InChI is InChI=1S/C18H22N4OS/c1-13-14(2)21-8-7-20(11-17(21)19-13)12-18(23)22-9-10-24-16-6-4-3-5-15(16)22/h3-6H,7-12H2,1-2H3. The van der Waals surface area contributed by atoms with Gasteiger partial charge in [-0.05, 0) is 26.0 Å². The lowest BCUT2D eigenvalue weighted by atomic mass is 10.2. The molecule has 0 saturated heterocycles. The van der Waals surface area contributed by atoms with E-state index in [1.165, 1.54) is 10.6 Å². The van der Waals surface area contributed by atoms with Crippen molar-refractivity contribution in [2.75, 3.05) is 30.3 Å². The molecule has 126 valence electrons. The third kappa shape index (κ3) is 2.74. The fourth-order valence-electron chi connectivity index (χ4n) is 3.50. The molecule has 4 rings (SSSR count). The number of hydrogen-bond donors (Lipinski definition) is 0. The average molecular weight is 342 g/mol. The molecule has 0 fully saturated rings. The molecule has 1 amide bonds. The summed E-state index contributed by atoms with van der Waals surface area (Å²) in [6, 6.07) is 8.20. The van der Waals surface area contributed by atoms with E-state index in [0.717, 1.165) is 49.1 Å². The Bertz CT molecular complexity index is 785. The minimum Gasteiger partial charge on any atom is -0.330 e. The van der Waals surface area contributed by atoms with Gasteiger partial charge in [-0.15, -0.1) is 11.8 Å². The fraction of sp³-hybridized carbons (Fsp3) is 0.444. The van der Waals surface area contributed by atoms with Crippen LogP contribution >= 0.6 is 11.8 Å². The van der Waals surface area contributed by atoms with Crippen LogP contribution in [-0.4, -0.2) is 45.7 Å². The molecule has 0 bridgehead atoms. The predicted octanol–water partition coefficient (Wildman–Crippen LogP) is 2.45. The minimum absolute atomic E-state index is 0.191. The summed E-state index contributed by atoms with van der Waals surface area (Å²) in [7, 11) is 0. The summed E-state index contributed by atoms with van der Waals surface area (Å²) in [6.07, 6.45) is 0. The molecule has 24 heavy (non-hydrogen) atoms. The second-order valence-corrected chi connectivity index (χ2v) is 7.56. The molecule has 0 aliphatic carbocycles. The summed E-state index contributed by atoms with van der Waals surface area (Å²) in [5, 5.41) is 0. The number of rotatable bonds is 2. The lowest BCUT2D eigenvalue weighted by Crippen LogP contribution is -2.45. The second-order valence-electron chi connectivity index (χ2n) is 6.42. The van der Waals surface area contributed by atoms with Crippen molar-refractivity contribution in [2.45, 2.75) is 31.8 Å². The van der Waals surface area contributed by atoms with Gasteiger partial charge < -0.3 is 9.47 Å². The third-order valence-electron chi connectivity index (χ3n) is 4.93. The van der Waals surface area contributed by atoms with E-state index >= 15 is 0 Å². The van der Waals surface area contributed by atoms with Gasteiger partial charge in [0.25, 0.3) is 0 Å². The largest absolute Gasteiger partial charge is 0.330 e. The zero-order valence-electron chi connectivity index (χ0n) is 14.2. The zero-order chi connectivity index (χ0) is 16.7. The maximum atomic E-state index is 12.9. The Hall–Kier alpha value is -1.79. The number of fused-ring (bicyclic) bond motifs is 2. The number of carbonyl (C=O) groups excluding carboxylic acids is 1. The topological polar surface area (TPSA) is 41.4 Å². The molecule has 0 atom stereocenters. The first-order chi connectivity index (χ1) is 11.6. The first-order valence-electron chi connectivity index (χ1n) is 8.40. The van der Waals surface area contributed by atoms with Gasteiger partial charge in [-0.3, -0.25) is 9.69 Å². The van der Waals surface area contributed by atoms with Gasteiger partial charge in [0, 0.05) is 36.0 Å². The lowest BCUT2D eigenvalue weighted by molar-refractivity contribution is -0.120. The lowest BCUT2D eigenvalue weighted by Gasteiger charge is -2.33. The molecule has 0 N–H and O–H groups in total. The Balaban J connectivity index is 1.48. The molecule has 1 aromatic heterocycles.